The summed E-state index contributed by atoms with van der Waals surface area (Å²) in [5.41, 5.74) is 0. The van der Waals surface area contributed by atoms with E-state index < -0.39 is 118 Å². The normalized spacial score (nSPS) is 49.0. The van der Waals surface area contributed by atoms with Gasteiger partial charge >= 0.3 is 0 Å². The number of rotatable bonds is 8. The van der Waals surface area contributed by atoms with Gasteiger partial charge in [-0.15, -0.1) is 0 Å². The van der Waals surface area contributed by atoms with E-state index in [9.17, 15) is 55.9 Å². The van der Waals surface area contributed by atoms with Gasteiger partial charge in [-0.1, -0.05) is 0 Å². The Hall–Kier alpha value is -1.13. The Labute approximate surface area is 210 Å². The average Bonchev–Trinajstić information content (AvgIpc) is 2.86. The smallest absolute Gasteiger partial charge is 0.217 e. The quantitative estimate of drug-likeness (QED) is 0.135. The van der Waals surface area contributed by atoms with Crippen molar-refractivity contribution in [3.05, 3.63) is 0 Å². The fourth-order valence-electron chi connectivity index (χ4n) is 4.36. The Morgan fingerprint density at radius 1 is 0.703 bits per heavy atom. The lowest BCUT2D eigenvalue weighted by molar-refractivity contribution is -0.352. The largest absolute Gasteiger partial charge is 0.394 e. The molecule has 0 aromatic carbocycles. The molecule has 0 aromatic rings. The Balaban J connectivity index is 1.74. The van der Waals surface area contributed by atoms with Gasteiger partial charge in [-0.3, -0.25) is 4.79 Å². The van der Waals surface area contributed by atoms with E-state index in [1.54, 1.807) is 0 Å². The number of hydrogen-bond donors (Lipinski definition) is 11. The fourth-order valence-corrected chi connectivity index (χ4v) is 4.36. The van der Waals surface area contributed by atoms with Gasteiger partial charge in [0.25, 0.3) is 0 Å². The molecule has 17 nitrogen and oxygen atoms in total. The van der Waals surface area contributed by atoms with E-state index in [1.807, 2.05) is 0 Å². The molecular weight excluding hydrogens is 510 g/mol. The van der Waals surface area contributed by atoms with Crippen LogP contribution in [0.5, 0.6) is 0 Å². The van der Waals surface area contributed by atoms with Gasteiger partial charge in [0.05, 0.1) is 19.8 Å². The highest BCUT2D eigenvalue weighted by atomic mass is 16.7. The summed E-state index contributed by atoms with van der Waals surface area (Å²) < 4.78 is 27.0. The summed E-state index contributed by atoms with van der Waals surface area (Å²) >= 11 is 0. The van der Waals surface area contributed by atoms with Crippen LogP contribution in [0.1, 0.15) is 6.92 Å². The summed E-state index contributed by atoms with van der Waals surface area (Å²) in [5.74, 6) is -0.641. The second-order valence-corrected chi connectivity index (χ2v) is 9.11. The minimum absolute atomic E-state index is 0.564. The Morgan fingerprint density at radius 3 is 1.86 bits per heavy atom. The molecule has 15 atom stereocenters. The number of carbonyl (C=O) groups is 1. The third-order valence-electron chi connectivity index (χ3n) is 6.47. The molecule has 3 aliphatic rings. The second-order valence-electron chi connectivity index (χ2n) is 9.11. The topological polar surface area (TPSA) is 278 Å². The van der Waals surface area contributed by atoms with Crippen LogP contribution in [0, 0.1) is 0 Å². The predicted octanol–water partition coefficient (Wildman–Crippen LogP) is -7.43. The number of amides is 1. The van der Waals surface area contributed by atoms with Crippen LogP contribution in [0.15, 0.2) is 0 Å². The summed E-state index contributed by atoms with van der Waals surface area (Å²) in [7, 11) is 0. The molecule has 0 radical (unpaired) electrons. The zero-order chi connectivity index (χ0) is 27.6. The third kappa shape index (κ3) is 6.55. The van der Waals surface area contributed by atoms with Gasteiger partial charge in [0.2, 0.25) is 5.91 Å². The monoisotopic (exact) mass is 545 g/mol. The highest BCUT2D eigenvalue weighted by molar-refractivity contribution is 5.73. The highest BCUT2D eigenvalue weighted by Crippen LogP contribution is 2.30. The molecule has 3 fully saturated rings. The van der Waals surface area contributed by atoms with E-state index in [1.165, 1.54) is 0 Å². The Morgan fingerprint density at radius 2 is 1.27 bits per heavy atom. The average molecular weight is 545 g/mol. The van der Waals surface area contributed by atoms with Crippen molar-refractivity contribution < 1.29 is 79.5 Å². The van der Waals surface area contributed by atoms with Crippen molar-refractivity contribution in [2.45, 2.75) is 99.0 Å². The van der Waals surface area contributed by atoms with E-state index in [2.05, 4.69) is 5.32 Å². The lowest BCUT2D eigenvalue weighted by Crippen LogP contribution is -2.68. The molecule has 3 aliphatic heterocycles. The minimum atomic E-state index is -1.84. The zero-order valence-electron chi connectivity index (χ0n) is 19.7. The standard InChI is InChI=1S/C20H35NO16/c1-5(24)21-9-12(27)17(37-20-16(31)14(29)10(25)6(2-22)35-20)7(3-23)36-19(9)33-4-8-11(26)13(28)15(30)18(32)34-8/h6-20,22-23,25-32H,2-4H2,1H3,(H,21,24)/t6-,7-,8+,9-,10-,11+,12-,13-,14-,15+,16+,17+,18+,19+,20+/m1/s1. The van der Waals surface area contributed by atoms with Crippen molar-refractivity contribution in [2.75, 3.05) is 19.8 Å². The number of ether oxygens (including phenoxy) is 5. The van der Waals surface area contributed by atoms with Gasteiger partial charge in [0.15, 0.2) is 18.9 Å². The SMILES string of the molecule is CC(=O)N[C@H]1[C@@H](OC[C@@H]2O[C@H](O)[C@@H](O)[C@H](O)[C@H]2O)O[C@H](CO)[C@H](O[C@@H]2O[C@H](CO)[C@@H](O)[C@@H](O)[C@@H]2O)[C@@H]1O. The maximum atomic E-state index is 11.8. The first kappa shape index (κ1) is 30.4. The van der Waals surface area contributed by atoms with Crippen molar-refractivity contribution in [1.82, 2.24) is 5.32 Å². The van der Waals surface area contributed by atoms with Crippen molar-refractivity contribution in [3.8, 4) is 0 Å². The summed E-state index contributed by atoms with van der Waals surface area (Å²) in [6.45, 7) is -0.959. The summed E-state index contributed by atoms with van der Waals surface area (Å²) in [5, 5.41) is 102. The van der Waals surface area contributed by atoms with Crippen molar-refractivity contribution >= 4 is 5.91 Å². The second kappa shape index (κ2) is 12.8. The predicted molar refractivity (Wildman–Crippen MR) is 113 cm³/mol. The van der Waals surface area contributed by atoms with Crippen LogP contribution >= 0.6 is 0 Å². The summed E-state index contributed by atoms with van der Waals surface area (Å²) in [6.07, 6.45) is -22.7. The van der Waals surface area contributed by atoms with Gasteiger partial charge in [0.1, 0.15) is 73.2 Å². The van der Waals surface area contributed by atoms with Gasteiger partial charge in [-0.05, 0) is 0 Å². The van der Waals surface area contributed by atoms with Crippen LogP contribution < -0.4 is 5.32 Å². The number of carbonyl (C=O) groups excluding carboxylic acids is 1. The van der Waals surface area contributed by atoms with Crippen LogP contribution in [0.3, 0.4) is 0 Å². The van der Waals surface area contributed by atoms with Crippen molar-refractivity contribution in [1.29, 1.82) is 0 Å². The van der Waals surface area contributed by atoms with E-state index >= 15 is 0 Å². The maximum Gasteiger partial charge on any atom is 0.217 e. The third-order valence-corrected chi connectivity index (χ3v) is 6.47. The Kier molecular flexibility index (Phi) is 10.5. The number of aliphatic hydroxyl groups is 10. The number of aliphatic hydroxyl groups excluding tert-OH is 10. The molecule has 37 heavy (non-hydrogen) atoms. The summed E-state index contributed by atoms with van der Waals surface area (Å²) in [6, 6.07) is -1.38. The molecular formula is C20H35NO16. The highest BCUT2D eigenvalue weighted by Gasteiger charge is 2.52. The fraction of sp³-hybridized carbons (Fsp3) is 0.950. The minimum Gasteiger partial charge on any atom is -0.394 e. The lowest BCUT2D eigenvalue weighted by atomic mass is 9.95. The van der Waals surface area contributed by atoms with Crippen molar-refractivity contribution in [2.24, 2.45) is 0 Å². The first-order valence-corrected chi connectivity index (χ1v) is 11.6. The van der Waals surface area contributed by atoms with E-state index in [-0.39, 0.29) is 0 Å². The van der Waals surface area contributed by atoms with Crippen LogP contribution in [0.25, 0.3) is 0 Å². The molecule has 3 rings (SSSR count). The van der Waals surface area contributed by atoms with Crippen LogP contribution in [0.2, 0.25) is 0 Å². The molecule has 17 heteroatoms. The molecule has 3 saturated heterocycles. The molecule has 216 valence electrons. The molecule has 0 unspecified atom stereocenters. The molecule has 0 saturated carbocycles. The van der Waals surface area contributed by atoms with Gasteiger partial charge < -0.3 is 80.1 Å². The molecule has 0 aromatic heterocycles. The van der Waals surface area contributed by atoms with E-state index in [0.29, 0.717) is 0 Å². The molecule has 11 N–H and O–H groups in total. The molecule has 0 bridgehead atoms. The van der Waals surface area contributed by atoms with Gasteiger partial charge in [-0.2, -0.15) is 0 Å². The molecule has 1 amide bonds. The van der Waals surface area contributed by atoms with E-state index in [4.69, 9.17) is 23.7 Å². The van der Waals surface area contributed by atoms with Crippen LogP contribution in [-0.2, 0) is 28.5 Å². The van der Waals surface area contributed by atoms with E-state index in [0.717, 1.165) is 6.92 Å². The first-order chi connectivity index (χ1) is 17.4. The van der Waals surface area contributed by atoms with Crippen LogP contribution in [-0.4, -0.2) is 169 Å². The molecule has 0 aliphatic carbocycles. The number of nitrogens with one attached hydrogen (secondary N) is 1. The van der Waals surface area contributed by atoms with Crippen LogP contribution in [0.4, 0.5) is 0 Å². The van der Waals surface area contributed by atoms with Crippen molar-refractivity contribution in [3.63, 3.8) is 0 Å². The van der Waals surface area contributed by atoms with Gasteiger partial charge in [-0.25, -0.2) is 0 Å². The lowest BCUT2D eigenvalue weighted by Gasteiger charge is -2.47. The number of hydrogen-bond acceptors (Lipinski definition) is 16. The Bertz CT molecular complexity index is 745. The first-order valence-electron chi connectivity index (χ1n) is 11.6. The molecule has 0 spiro atoms. The zero-order valence-corrected chi connectivity index (χ0v) is 19.7. The molecule has 3 heterocycles. The maximum absolute atomic E-state index is 11.8. The summed E-state index contributed by atoms with van der Waals surface area (Å²) in [4.78, 5) is 11.8. The van der Waals surface area contributed by atoms with Gasteiger partial charge in [0, 0.05) is 6.92 Å².